The third-order valence-electron chi connectivity index (χ3n) is 4.54. The summed E-state index contributed by atoms with van der Waals surface area (Å²) in [5.74, 6) is -0.499. The Balaban J connectivity index is 2.30. The Morgan fingerprint density at radius 3 is 2.48 bits per heavy atom. The van der Waals surface area contributed by atoms with Gasteiger partial charge in [0.05, 0.1) is 0 Å². The number of ether oxygens (including phenoxy) is 1. The fraction of sp³-hybridized carbons (Fsp3) is 0.500. The maximum Gasteiger partial charge on any atom is 0.342 e. The highest BCUT2D eigenvalue weighted by Crippen LogP contribution is 2.47. The summed E-state index contributed by atoms with van der Waals surface area (Å²) in [4.78, 5) is 12.5. The number of benzene rings is 1. The zero-order valence-corrected chi connectivity index (χ0v) is 13.1. The first kappa shape index (κ1) is 15.6. The summed E-state index contributed by atoms with van der Waals surface area (Å²) in [6.45, 7) is 9.99. The van der Waals surface area contributed by atoms with Gasteiger partial charge in [0.2, 0.25) is 0 Å². The highest BCUT2D eigenvalue weighted by molar-refractivity contribution is 5.93. The monoisotopic (exact) mass is 288 g/mol. The van der Waals surface area contributed by atoms with Crippen molar-refractivity contribution in [3.63, 3.8) is 0 Å². The van der Waals surface area contributed by atoms with Gasteiger partial charge in [0.1, 0.15) is 16.9 Å². The smallest absolute Gasteiger partial charge is 0.342 e. The zero-order chi connectivity index (χ0) is 15.7. The number of hydrogen-bond acceptors (Lipinski definition) is 3. The molecule has 1 N–H and O–H groups in total. The van der Waals surface area contributed by atoms with Gasteiger partial charge in [-0.15, -0.1) is 0 Å². The molecule has 0 unspecified atom stereocenters. The Kier molecular flexibility index (Phi) is 4.13. The Hall–Kier alpha value is -1.77. The van der Waals surface area contributed by atoms with Gasteiger partial charge in [0, 0.05) is 5.41 Å². The highest BCUT2D eigenvalue weighted by atomic mass is 16.6. The molecular weight excluding hydrogens is 264 g/mol. The molecule has 3 heteroatoms. The average Bonchev–Trinajstić information content (AvgIpc) is 2.88. The van der Waals surface area contributed by atoms with Crippen molar-refractivity contribution in [2.75, 3.05) is 0 Å². The molecule has 1 aromatic carbocycles. The molecule has 0 radical (unpaired) electrons. The molecule has 114 valence electrons. The van der Waals surface area contributed by atoms with Gasteiger partial charge >= 0.3 is 5.97 Å². The van der Waals surface area contributed by atoms with Gasteiger partial charge < -0.3 is 9.84 Å². The lowest BCUT2D eigenvalue weighted by atomic mass is 9.75. The quantitative estimate of drug-likeness (QED) is 0.830. The molecule has 3 nitrogen and oxygen atoms in total. The number of phenols is 1. The van der Waals surface area contributed by atoms with E-state index in [1.807, 2.05) is 0 Å². The van der Waals surface area contributed by atoms with Crippen molar-refractivity contribution in [2.45, 2.75) is 52.1 Å². The fourth-order valence-corrected chi connectivity index (χ4v) is 3.03. The van der Waals surface area contributed by atoms with Crippen molar-refractivity contribution in [3.8, 4) is 5.75 Å². The van der Waals surface area contributed by atoms with Crippen LogP contribution in [0.25, 0.3) is 6.08 Å². The van der Waals surface area contributed by atoms with Crippen LogP contribution in [0.15, 0.2) is 24.8 Å². The number of hydrogen-bond donors (Lipinski definition) is 1. The SMILES string of the molecule is C=Cc1ccc(O)c(C(=O)OC2(C(C)(C)C)CCCC2)c1. The van der Waals surface area contributed by atoms with Gasteiger partial charge in [-0.2, -0.15) is 0 Å². The molecule has 0 atom stereocenters. The van der Waals surface area contributed by atoms with Gasteiger partial charge in [-0.05, 0) is 43.4 Å². The van der Waals surface area contributed by atoms with Crippen LogP contribution in [0, 0.1) is 5.41 Å². The second kappa shape index (κ2) is 5.55. The predicted molar refractivity (Wildman–Crippen MR) is 84.3 cm³/mol. The first-order valence-corrected chi connectivity index (χ1v) is 7.48. The van der Waals surface area contributed by atoms with Crippen molar-refractivity contribution < 1.29 is 14.6 Å². The first-order valence-electron chi connectivity index (χ1n) is 7.48. The van der Waals surface area contributed by atoms with Crippen molar-refractivity contribution in [1.29, 1.82) is 0 Å². The standard InChI is InChI=1S/C18H24O3/c1-5-13-8-9-15(19)14(12-13)16(20)21-18(17(2,3)4)10-6-7-11-18/h5,8-9,12,19H,1,6-7,10-11H2,2-4H3. The van der Waals surface area contributed by atoms with E-state index in [1.54, 1.807) is 18.2 Å². The molecule has 0 spiro atoms. The first-order chi connectivity index (χ1) is 9.79. The normalized spacial score (nSPS) is 17.5. The van der Waals surface area contributed by atoms with E-state index in [9.17, 15) is 9.90 Å². The van der Waals surface area contributed by atoms with E-state index in [4.69, 9.17) is 4.74 Å². The van der Waals surface area contributed by atoms with Crippen LogP contribution >= 0.6 is 0 Å². The molecule has 1 saturated carbocycles. The van der Waals surface area contributed by atoms with Crippen LogP contribution in [-0.2, 0) is 4.74 Å². The highest BCUT2D eigenvalue weighted by Gasteiger charge is 2.47. The molecule has 1 fully saturated rings. The van der Waals surface area contributed by atoms with Crippen LogP contribution < -0.4 is 0 Å². The topological polar surface area (TPSA) is 46.5 Å². The Labute approximate surface area is 126 Å². The van der Waals surface area contributed by atoms with Crippen LogP contribution in [0.1, 0.15) is 62.4 Å². The minimum absolute atomic E-state index is 0.0485. The number of carbonyl (C=O) groups is 1. The molecule has 0 amide bonds. The maximum atomic E-state index is 12.5. The summed E-state index contributed by atoms with van der Waals surface area (Å²) in [6, 6.07) is 4.84. The van der Waals surface area contributed by atoms with E-state index >= 15 is 0 Å². The fourth-order valence-electron chi connectivity index (χ4n) is 3.03. The largest absolute Gasteiger partial charge is 0.507 e. The molecule has 0 aliphatic heterocycles. The molecule has 2 rings (SSSR count). The van der Waals surface area contributed by atoms with E-state index in [2.05, 4.69) is 27.4 Å². The van der Waals surface area contributed by atoms with E-state index in [0.29, 0.717) is 0 Å². The number of aromatic hydroxyl groups is 1. The third-order valence-corrected chi connectivity index (χ3v) is 4.54. The Bertz CT molecular complexity index is 546. The lowest BCUT2D eigenvalue weighted by molar-refractivity contribution is -0.0750. The second-order valence-electron chi connectivity index (χ2n) is 6.82. The molecule has 0 aromatic heterocycles. The van der Waals surface area contributed by atoms with Crippen LogP contribution in [0.5, 0.6) is 5.75 Å². The van der Waals surface area contributed by atoms with Crippen LogP contribution in [0.3, 0.4) is 0 Å². The van der Waals surface area contributed by atoms with Crippen molar-refractivity contribution in [1.82, 2.24) is 0 Å². The number of esters is 1. The van der Waals surface area contributed by atoms with E-state index < -0.39 is 11.6 Å². The van der Waals surface area contributed by atoms with Crippen LogP contribution in [0.4, 0.5) is 0 Å². The zero-order valence-electron chi connectivity index (χ0n) is 13.1. The van der Waals surface area contributed by atoms with Gasteiger partial charge in [-0.3, -0.25) is 0 Å². The molecule has 1 aliphatic rings. The van der Waals surface area contributed by atoms with Gasteiger partial charge in [-0.25, -0.2) is 4.79 Å². The Morgan fingerprint density at radius 1 is 1.33 bits per heavy atom. The molecule has 1 aromatic rings. The number of rotatable bonds is 3. The minimum atomic E-state index is -0.451. The molecule has 0 bridgehead atoms. The summed E-state index contributed by atoms with van der Waals surface area (Å²) in [5.41, 5.74) is 0.435. The van der Waals surface area contributed by atoms with E-state index in [0.717, 1.165) is 31.2 Å². The van der Waals surface area contributed by atoms with Crippen LogP contribution in [-0.4, -0.2) is 16.7 Å². The molecule has 0 saturated heterocycles. The average molecular weight is 288 g/mol. The third kappa shape index (κ3) is 2.97. The van der Waals surface area contributed by atoms with Crippen molar-refractivity contribution >= 4 is 12.0 Å². The lowest BCUT2D eigenvalue weighted by Gasteiger charge is -2.41. The maximum absolute atomic E-state index is 12.5. The van der Waals surface area contributed by atoms with Gasteiger partial charge in [-0.1, -0.05) is 39.5 Å². The van der Waals surface area contributed by atoms with E-state index in [1.165, 1.54) is 6.07 Å². The van der Waals surface area contributed by atoms with Crippen molar-refractivity contribution in [2.24, 2.45) is 5.41 Å². The summed E-state index contributed by atoms with van der Waals surface area (Å²) in [5, 5.41) is 9.93. The number of phenolic OH excluding ortho intramolecular Hbond substituents is 1. The number of carbonyl (C=O) groups excluding carboxylic acids is 1. The molecule has 21 heavy (non-hydrogen) atoms. The summed E-state index contributed by atoms with van der Waals surface area (Å²) >= 11 is 0. The van der Waals surface area contributed by atoms with Gasteiger partial charge in [0.15, 0.2) is 0 Å². The molecular formula is C18H24O3. The molecule has 0 heterocycles. The predicted octanol–water partition coefficient (Wildman–Crippen LogP) is 4.55. The molecule has 1 aliphatic carbocycles. The van der Waals surface area contributed by atoms with Gasteiger partial charge in [0.25, 0.3) is 0 Å². The second-order valence-corrected chi connectivity index (χ2v) is 6.82. The van der Waals surface area contributed by atoms with E-state index in [-0.39, 0.29) is 16.7 Å². The van der Waals surface area contributed by atoms with Crippen molar-refractivity contribution in [3.05, 3.63) is 35.9 Å². The Morgan fingerprint density at radius 2 is 1.95 bits per heavy atom. The minimum Gasteiger partial charge on any atom is -0.507 e. The lowest BCUT2D eigenvalue weighted by Crippen LogP contribution is -2.44. The summed E-state index contributed by atoms with van der Waals surface area (Å²) < 4.78 is 5.90. The summed E-state index contributed by atoms with van der Waals surface area (Å²) in [6.07, 6.45) is 5.55. The van der Waals surface area contributed by atoms with Crippen LogP contribution in [0.2, 0.25) is 0 Å². The summed E-state index contributed by atoms with van der Waals surface area (Å²) in [7, 11) is 0.